The van der Waals surface area contributed by atoms with Gasteiger partial charge in [0.2, 0.25) is 0 Å². The molecule has 1 N–H and O–H groups in total. The maximum absolute atomic E-state index is 12.8. The monoisotopic (exact) mass is 380 g/mol. The summed E-state index contributed by atoms with van der Waals surface area (Å²) in [4.78, 5) is 4.62. The van der Waals surface area contributed by atoms with E-state index in [4.69, 9.17) is 0 Å². The van der Waals surface area contributed by atoms with Crippen LogP contribution in [0.1, 0.15) is 32.3 Å². The van der Waals surface area contributed by atoms with Gasteiger partial charge in [0.15, 0.2) is 5.17 Å². The zero-order valence-electron chi connectivity index (χ0n) is 11.7. The van der Waals surface area contributed by atoms with Gasteiger partial charge in [-0.2, -0.15) is 13.2 Å². The first-order chi connectivity index (χ1) is 9.72. The molecule has 1 atom stereocenters. The highest BCUT2D eigenvalue weighted by molar-refractivity contribution is 9.10. The van der Waals surface area contributed by atoms with Crippen LogP contribution < -0.4 is 5.32 Å². The van der Waals surface area contributed by atoms with Gasteiger partial charge in [-0.1, -0.05) is 34.6 Å². The zero-order valence-corrected chi connectivity index (χ0v) is 14.1. The summed E-state index contributed by atoms with van der Waals surface area (Å²) in [6.45, 7) is 4.13. The lowest BCUT2D eigenvalue weighted by atomic mass is 9.97. The number of alkyl halides is 3. The van der Waals surface area contributed by atoms with Gasteiger partial charge in [0.1, 0.15) is 0 Å². The minimum absolute atomic E-state index is 0.132. The fraction of sp³-hybridized carbons (Fsp3) is 0.500. The third-order valence-electron chi connectivity index (χ3n) is 3.49. The van der Waals surface area contributed by atoms with Crippen LogP contribution >= 0.6 is 27.7 Å². The molecule has 1 aliphatic heterocycles. The second-order valence-corrected chi connectivity index (χ2v) is 7.22. The van der Waals surface area contributed by atoms with Gasteiger partial charge in [0, 0.05) is 15.9 Å². The maximum Gasteiger partial charge on any atom is 0.416 e. The van der Waals surface area contributed by atoms with E-state index in [1.54, 1.807) is 6.07 Å². The molecule has 21 heavy (non-hydrogen) atoms. The lowest BCUT2D eigenvalue weighted by molar-refractivity contribution is -0.137. The standard InChI is InChI=1S/C14H16BrF3N2S/c1-3-13(2)4-5-21-12(20-13)19-11-7-9(14(16,17)18)6-10(15)8-11/h6-8H,3-5H2,1-2H3,(H,19,20). The number of aliphatic imine (C=N–C) groups is 1. The molecule has 1 unspecified atom stereocenters. The van der Waals surface area contributed by atoms with E-state index in [0.29, 0.717) is 15.3 Å². The summed E-state index contributed by atoms with van der Waals surface area (Å²) in [7, 11) is 0. The summed E-state index contributed by atoms with van der Waals surface area (Å²) in [5.41, 5.74) is -0.422. The van der Waals surface area contributed by atoms with Crippen LogP contribution in [0, 0.1) is 0 Å². The molecule has 1 heterocycles. The van der Waals surface area contributed by atoms with Crippen molar-refractivity contribution in [3.05, 3.63) is 28.2 Å². The number of rotatable bonds is 2. The minimum Gasteiger partial charge on any atom is -0.335 e. The Hall–Kier alpha value is -0.690. The smallest absolute Gasteiger partial charge is 0.335 e. The van der Waals surface area contributed by atoms with Crippen molar-refractivity contribution in [3.63, 3.8) is 0 Å². The first-order valence-electron chi connectivity index (χ1n) is 6.59. The van der Waals surface area contributed by atoms with Crippen LogP contribution in [-0.4, -0.2) is 16.5 Å². The van der Waals surface area contributed by atoms with Crippen LogP contribution in [0.4, 0.5) is 18.9 Å². The van der Waals surface area contributed by atoms with Gasteiger partial charge in [0.25, 0.3) is 0 Å². The van der Waals surface area contributed by atoms with Crippen molar-refractivity contribution in [2.24, 2.45) is 4.99 Å². The average Bonchev–Trinajstić information content (AvgIpc) is 2.37. The lowest BCUT2D eigenvalue weighted by Crippen LogP contribution is -2.29. The molecule has 1 aromatic carbocycles. The molecule has 0 bridgehead atoms. The van der Waals surface area contributed by atoms with Gasteiger partial charge in [0.05, 0.1) is 11.1 Å². The lowest BCUT2D eigenvalue weighted by Gasteiger charge is -2.29. The molecular formula is C14H16BrF3N2S. The fourth-order valence-corrected chi connectivity index (χ4v) is 3.67. The van der Waals surface area contributed by atoms with E-state index in [9.17, 15) is 13.2 Å². The molecule has 7 heteroatoms. The largest absolute Gasteiger partial charge is 0.416 e. The molecule has 0 fully saturated rings. The maximum atomic E-state index is 12.8. The van der Waals surface area contributed by atoms with Crippen molar-refractivity contribution in [1.29, 1.82) is 0 Å². The van der Waals surface area contributed by atoms with Crippen LogP contribution in [0.2, 0.25) is 0 Å². The van der Waals surface area contributed by atoms with Crippen LogP contribution in [0.25, 0.3) is 0 Å². The van der Waals surface area contributed by atoms with E-state index in [2.05, 4.69) is 40.1 Å². The highest BCUT2D eigenvalue weighted by atomic mass is 79.9. The van der Waals surface area contributed by atoms with Gasteiger partial charge in [-0.15, -0.1) is 0 Å². The fourth-order valence-electron chi connectivity index (χ4n) is 1.97. The quantitative estimate of drug-likeness (QED) is 0.727. The van der Waals surface area contributed by atoms with Gasteiger partial charge in [-0.05, 0) is 38.0 Å². The minimum atomic E-state index is -4.36. The van der Waals surface area contributed by atoms with E-state index in [0.717, 1.165) is 30.7 Å². The second kappa shape index (κ2) is 6.20. The number of thioether (sulfide) groups is 1. The summed E-state index contributed by atoms with van der Waals surface area (Å²) in [5, 5.41) is 3.68. The highest BCUT2D eigenvalue weighted by Gasteiger charge is 2.31. The molecule has 0 spiro atoms. The molecule has 1 aromatic rings. The summed E-state index contributed by atoms with van der Waals surface area (Å²) in [5.74, 6) is 0.913. The van der Waals surface area contributed by atoms with Crippen molar-refractivity contribution in [2.45, 2.75) is 38.4 Å². The normalized spacial score (nSPS) is 22.9. The van der Waals surface area contributed by atoms with Gasteiger partial charge < -0.3 is 5.32 Å². The summed E-state index contributed by atoms with van der Waals surface area (Å²) < 4.78 is 38.8. The SMILES string of the molecule is CCC1(C)CCSC(Nc2cc(Br)cc(C(F)(F)F)c2)=N1. The molecule has 116 valence electrons. The van der Waals surface area contributed by atoms with Gasteiger partial charge in [-0.3, -0.25) is 4.99 Å². The predicted molar refractivity (Wildman–Crippen MR) is 86.0 cm³/mol. The van der Waals surface area contributed by atoms with Gasteiger partial charge in [-0.25, -0.2) is 0 Å². The topological polar surface area (TPSA) is 24.4 Å². The molecule has 2 nitrogen and oxygen atoms in total. The van der Waals surface area contributed by atoms with Crippen LogP contribution in [-0.2, 0) is 6.18 Å². The van der Waals surface area contributed by atoms with Gasteiger partial charge >= 0.3 is 6.18 Å². The number of hydrogen-bond acceptors (Lipinski definition) is 3. The number of nitrogens with one attached hydrogen (secondary N) is 1. The molecule has 2 rings (SSSR count). The Morgan fingerprint density at radius 1 is 1.38 bits per heavy atom. The van der Waals surface area contributed by atoms with E-state index in [1.165, 1.54) is 11.8 Å². The van der Waals surface area contributed by atoms with Crippen molar-refractivity contribution in [3.8, 4) is 0 Å². The Morgan fingerprint density at radius 2 is 2.10 bits per heavy atom. The van der Waals surface area contributed by atoms with Crippen LogP contribution in [0.15, 0.2) is 27.7 Å². The van der Waals surface area contributed by atoms with Crippen molar-refractivity contribution in [1.82, 2.24) is 0 Å². The van der Waals surface area contributed by atoms with E-state index >= 15 is 0 Å². The molecule has 0 aliphatic carbocycles. The number of halogens is 4. The summed E-state index contributed by atoms with van der Waals surface area (Å²) >= 11 is 4.66. The number of amidine groups is 1. The summed E-state index contributed by atoms with van der Waals surface area (Å²) in [6.07, 6.45) is -2.48. The van der Waals surface area contributed by atoms with Crippen LogP contribution in [0.3, 0.4) is 0 Å². The average molecular weight is 381 g/mol. The molecule has 0 saturated heterocycles. The Bertz CT molecular complexity index is 560. The first kappa shape index (κ1) is 16.7. The summed E-state index contributed by atoms with van der Waals surface area (Å²) in [6, 6.07) is 3.79. The molecule has 0 aromatic heterocycles. The highest BCUT2D eigenvalue weighted by Crippen LogP contribution is 2.34. The van der Waals surface area contributed by atoms with Crippen molar-refractivity contribution < 1.29 is 13.2 Å². The molecule has 1 aliphatic rings. The number of benzene rings is 1. The van der Waals surface area contributed by atoms with Crippen molar-refractivity contribution in [2.75, 3.05) is 11.1 Å². The number of hydrogen-bond donors (Lipinski definition) is 1. The van der Waals surface area contributed by atoms with E-state index < -0.39 is 11.7 Å². The first-order valence-corrected chi connectivity index (χ1v) is 8.37. The van der Waals surface area contributed by atoms with E-state index in [1.807, 2.05) is 0 Å². The Balaban J connectivity index is 2.26. The zero-order chi connectivity index (χ0) is 15.7. The number of nitrogens with zero attached hydrogens (tertiary/aromatic N) is 1. The Kier molecular flexibility index (Phi) is 4.92. The van der Waals surface area contributed by atoms with Crippen molar-refractivity contribution >= 4 is 38.5 Å². The predicted octanol–water partition coefficient (Wildman–Crippen LogP) is 5.54. The Labute approximate surface area is 134 Å². The van der Waals surface area contributed by atoms with E-state index in [-0.39, 0.29) is 5.54 Å². The molecule has 0 radical (unpaired) electrons. The number of anilines is 1. The molecular weight excluding hydrogens is 365 g/mol. The third kappa shape index (κ3) is 4.39. The molecule has 0 amide bonds. The second-order valence-electron chi connectivity index (χ2n) is 5.22. The van der Waals surface area contributed by atoms with Crippen LogP contribution in [0.5, 0.6) is 0 Å². The Morgan fingerprint density at radius 3 is 2.71 bits per heavy atom. The third-order valence-corrected chi connectivity index (χ3v) is 4.82. The molecule has 0 saturated carbocycles.